The standard InChI is InChI=1S/C17H29N3O/c1-2-16(8-9-18)20-11-3-10-19(12-13-20)14-15-4-6-17(21)7-5-15/h4-7,16,21H,2-3,8-14,18H2,1H3. The molecule has 4 heteroatoms. The molecule has 0 saturated carbocycles. The molecule has 0 aromatic heterocycles. The van der Waals surface area contributed by atoms with E-state index in [1.807, 2.05) is 12.1 Å². The highest BCUT2D eigenvalue weighted by Gasteiger charge is 2.20. The van der Waals surface area contributed by atoms with Gasteiger partial charge in [0.1, 0.15) is 5.75 Å². The Morgan fingerprint density at radius 1 is 1.14 bits per heavy atom. The maximum absolute atomic E-state index is 9.35. The van der Waals surface area contributed by atoms with Crippen LogP contribution in [0.25, 0.3) is 0 Å². The number of benzene rings is 1. The molecule has 1 unspecified atom stereocenters. The molecule has 3 N–H and O–H groups in total. The average molecular weight is 291 g/mol. The first-order valence-corrected chi connectivity index (χ1v) is 8.17. The third-order valence-corrected chi connectivity index (χ3v) is 4.45. The molecule has 0 radical (unpaired) electrons. The Morgan fingerprint density at radius 3 is 2.57 bits per heavy atom. The van der Waals surface area contributed by atoms with Crippen LogP contribution in [0, 0.1) is 0 Å². The molecule has 1 aliphatic heterocycles. The Hall–Kier alpha value is -1.10. The van der Waals surface area contributed by atoms with Gasteiger partial charge in [-0.1, -0.05) is 19.1 Å². The summed E-state index contributed by atoms with van der Waals surface area (Å²) in [5, 5.41) is 9.35. The largest absolute Gasteiger partial charge is 0.508 e. The summed E-state index contributed by atoms with van der Waals surface area (Å²) < 4.78 is 0. The average Bonchev–Trinajstić information content (AvgIpc) is 2.73. The molecular weight excluding hydrogens is 262 g/mol. The molecule has 1 aromatic rings. The first-order valence-electron chi connectivity index (χ1n) is 8.17. The van der Waals surface area contributed by atoms with E-state index in [4.69, 9.17) is 5.73 Å². The predicted molar refractivity (Wildman–Crippen MR) is 87.3 cm³/mol. The zero-order valence-electron chi connectivity index (χ0n) is 13.2. The molecule has 118 valence electrons. The van der Waals surface area contributed by atoms with Gasteiger partial charge < -0.3 is 10.8 Å². The molecule has 1 aliphatic rings. The van der Waals surface area contributed by atoms with Gasteiger partial charge in [0.15, 0.2) is 0 Å². The molecule has 0 amide bonds. The number of phenols is 1. The van der Waals surface area contributed by atoms with E-state index in [9.17, 15) is 5.11 Å². The van der Waals surface area contributed by atoms with Gasteiger partial charge >= 0.3 is 0 Å². The second-order valence-electron chi connectivity index (χ2n) is 5.97. The highest BCUT2D eigenvalue weighted by molar-refractivity contribution is 5.25. The van der Waals surface area contributed by atoms with E-state index in [1.165, 1.54) is 24.9 Å². The summed E-state index contributed by atoms with van der Waals surface area (Å²) in [6.07, 6.45) is 3.52. The van der Waals surface area contributed by atoms with Crippen LogP contribution in [0.2, 0.25) is 0 Å². The number of nitrogens with zero attached hydrogens (tertiary/aromatic N) is 2. The quantitative estimate of drug-likeness (QED) is 0.842. The number of aromatic hydroxyl groups is 1. The van der Waals surface area contributed by atoms with Crippen LogP contribution >= 0.6 is 0 Å². The Bertz CT molecular complexity index is 407. The van der Waals surface area contributed by atoms with E-state index < -0.39 is 0 Å². The zero-order valence-corrected chi connectivity index (χ0v) is 13.2. The minimum atomic E-state index is 0.341. The van der Waals surface area contributed by atoms with Crippen LogP contribution in [0.15, 0.2) is 24.3 Å². The highest BCUT2D eigenvalue weighted by atomic mass is 16.3. The van der Waals surface area contributed by atoms with Gasteiger partial charge in [-0.05, 0) is 56.6 Å². The molecule has 21 heavy (non-hydrogen) atoms. The molecule has 0 aliphatic carbocycles. The van der Waals surface area contributed by atoms with E-state index in [2.05, 4.69) is 16.7 Å². The number of hydrogen-bond acceptors (Lipinski definition) is 4. The van der Waals surface area contributed by atoms with Crippen molar-refractivity contribution in [3.63, 3.8) is 0 Å². The van der Waals surface area contributed by atoms with Crippen molar-refractivity contribution in [1.29, 1.82) is 0 Å². The lowest BCUT2D eigenvalue weighted by molar-refractivity contribution is 0.184. The molecule has 1 atom stereocenters. The van der Waals surface area contributed by atoms with Gasteiger partial charge in [0, 0.05) is 25.7 Å². The summed E-state index contributed by atoms with van der Waals surface area (Å²) in [7, 11) is 0. The van der Waals surface area contributed by atoms with Crippen LogP contribution in [0.5, 0.6) is 5.75 Å². The molecule has 1 aromatic carbocycles. The molecule has 4 nitrogen and oxygen atoms in total. The lowest BCUT2D eigenvalue weighted by Gasteiger charge is -2.29. The maximum Gasteiger partial charge on any atom is 0.115 e. The number of rotatable bonds is 6. The zero-order chi connectivity index (χ0) is 15.1. The van der Waals surface area contributed by atoms with Crippen LogP contribution in [-0.2, 0) is 6.54 Å². The fourth-order valence-corrected chi connectivity index (χ4v) is 3.21. The van der Waals surface area contributed by atoms with Crippen molar-refractivity contribution >= 4 is 0 Å². The summed E-state index contributed by atoms with van der Waals surface area (Å²) in [5.74, 6) is 0.341. The summed E-state index contributed by atoms with van der Waals surface area (Å²) in [5.41, 5.74) is 7.01. The molecule has 0 bridgehead atoms. The van der Waals surface area contributed by atoms with Gasteiger partial charge in [-0.2, -0.15) is 0 Å². The van der Waals surface area contributed by atoms with Crippen molar-refractivity contribution in [3.8, 4) is 5.75 Å². The molecule has 0 spiro atoms. The third-order valence-electron chi connectivity index (χ3n) is 4.45. The number of phenolic OH excluding ortho intramolecular Hbond substituents is 1. The van der Waals surface area contributed by atoms with Gasteiger partial charge in [-0.15, -0.1) is 0 Å². The van der Waals surface area contributed by atoms with Crippen molar-refractivity contribution in [2.75, 3.05) is 32.7 Å². The van der Waals surface area contributed by atoms with Crippen molar-refractivity contribution in [2.45, 2.75) is 38.8 Å². The van der Waals surface area contributed by atoms with E-state index in [-0.39, 0.29) is 0 Å². The van der Waals surface area contributed by atoms with Crippen molar-refractivity contribution in [2.24, 2.45) is 5.73 Å². The van der Waals surface area contributed by atoms with Gasteiger partial charge in [0.2, 0.25) is 0 Å². The Labute approximate surface area is 128 Å². The van der Waals surface area contributed by atoms with E-state index in [0.29, 0.717) is 11.8 Å². The van der Waals surface area contributed by atoms with E-state index >= 15 is 0 Å². The number of nitrogens with two attached hydrogens (primary N) is 1. The minimum absolute atomic E-state index is 0.341. The number of hydrogen-bond donors (Lipinski definition) is 2. The lowest BCUT2D eigenvalue weighted by Crippen LogP contribution is -2.39. The van der Waals surface area contributed by atoms with Crippen molar-refractivity contribution in [3.05, 3.63) is 29.8 Å². The highest BCUT2D eigenvalue weighted by Crippen LogP contribution is 2.15. The van der Waals surface area contributed by atoms with Crippen LogP contribution in [0.4, 0.5) is 0 Å². The smallest absolute Gasteiger partial charge is 0.115 e. The Balaban J connectivity index is 1.86. The topological polar surface area (TPSA) is 52.7 Å². The van der Waals surface area contributed by atoms with Crippen LogP contribution in [-0.4, -0.2) is 53.7 Å². The molecule has 1 fully saturated rings. The van der Waals surface area contributed by atoms with Gasteiger partial charge in [0.05, 0.1) is 0 Å². The van der Waals surface area contributed by atoms with Crippen LogP contribution in [0.3, 0.4) is 0 Å². The normalized spacial score (nSPS) is 19.3. The van der Waals surface area contributed by atoms with Crippen molar-refractivity contribution < 1.29 is 5.11 Å². The first-order chi connectivity index (χ1) is 10.2. The first kappa shape index (κ1) is 16.3. The van der Waals surface area contributed by atoms with Gasteiger partial charge in [-0.3, -0.25) is 9.80 Å². The van der Waals surface area contributed by atoms with Gasteiger partial charge in [0.25, 0.3) is 0 Å². The Morgan fingerprint density at radius 2 is 1.90 bits per heavy atom. The van der Waals surface area contributed by atoms with E-state index in [1.54, 1.807) is 12.1 Å². The second-order valence-corrected chi connectivity index (χ2v) is 5.97. The SMILES string of the molecule is CCC(CCN)N1CCCN(Cc2ccc(O)cc2)CC1. The van der Waals surface area contributed by atoms with Gasteiger partial charge in [-0.25, -0.2) is 0 Å². The fourth-order valence-electron chi connectivity index (χ4n) is 3.21. The summed E-state index contributed by atoms with van der Waals surface area (Å²) >= 11 is 0. The third kappa shape index (κ3) is 4.99. The molecular formula is C17H29N3O. The molecule has 2 rings (SSSR count). The van der Waals surface area contributed by atoms with Crippen LogP contribution in [0.1, 0.15) is 31.7 Å². The van der Waals surface area contributed by atoms with Crippen molar-refractivity contribution in [1.82, 2.24) is 9.80 Å². The fraction of sp³-hybridized carbons (Fsp3) is 0.647. The molecule has 1 saturated heterocycles. The summed E-state index contributed by atoms with van der Waals surface area (Å²) in [4.78, 5) is 5.13. The van der Waals surface area contributed by atoms with Crippen LogP contribution < -0.4 is 5.73 Å². The summed E-state index contributed by atoms with van der Waals surface area (Å²) in [6, 6.07) is 8.22. The minimum Gasteiger partial charge on any atom is -0.508 e. The maximum atomic E-state index is 9.35. The van der Waals surface area contributed by atoms with E-state index in [0.717, 1.165) is 39.1 Å². The second kappa shape index (κ2) is 8.37. The summed E-state index contributed by atoms with van der Waals surface area (Å²) in [6.45, 7) is 8.60. The predicted octanol–water partition coefficient (Wildman–Crippen LogP) is 2.03. The Kier molecular flexibility index (Phi) is 6.49. The monoisotopic (exact) mass is 291 g/mol. The lowest BCUT2D eigenvalue weighted by atomic mass is 10.1. The molecule has 1 heterocycles.